The highest BCUT2D eigenvalue weighted by Gasteiger charge is 2.17. The number of benzene rings is 4. The maximum Gasteiger partial charge on any atom is 0.282 e. The van der Waals surface area contributed by atoms with Gasteiger partial charge < -0.3 is 13.9 Å². The van der Waals surface area contributed by atoms with Crippen molar-refractivity contribution in [2.75, 3.05) is 6.61 Å². The van der Waals surface area contributed by atoms with Gasteiger partial charge in [0.2, 0.25) is 5.82 Å². The van der Waals surface area contributed by atoms with Gasteiger partial charge in [-0.1, -0.05) is 48.5 Å². The minimum Gasteiger partial charge on any atom is -0.490 e. The van der Waals surface area contributed by atoms with Crippen molar-refractivity contribution in [2.24, 2.45) is 5.10 Å². The molecule has 0 saturated heterocycles. The lowest BCUT2D eigenvalue weighted by Gasteiger charge is -2.14. The number of fused-ring (bicyclic) bond motifs is 2. The first-order valence-corrected chi connectivity index (χ1v) is 13.7. The smallest absolute Gasteiger partial charge is 0.282 e. The zero-order valence-corrected chi connectivity index (χ0v) is 23.5. The zero-order chi connectivity index (χ0) is 28.3. The number of ether oxygens (including phenoxy) is 2. The summed E-state index contributed by atoms with van der Waals surface area (Å²) in [5, 5.41) is 5.86. The van der Waals surface area contributed by atoms with Crippen LogP contribution in [0.25, 0.3) is 33.5 Å². The molecule has 2 aromatic heterocycles. The van der Waals surface area contributed by atoms with Gasteiger partial charge in [0.15, 0.2) is 17.3 Å². The fraction of sp³-hybridized carbons (Fsp3) is 0.0938. The summed E-state index contributed by atoms with van der Waals surface area (Å²) >= 11 is 3.57. The third-order valence-electron chi connectivity index (χ3n) is 6.42. The van der Waals surface area contributed by atoms with Gasteiger partial charge in [0.1, 0.15) is 18.0 Å². The number of hydrogen-bond donors (Lipinski definition) is 0. The standard InChI is InChI=1S/C32H23BrFN3O4/c1-2-39-28-16-22(24(33)17-29(28)40-19-21-10-3-6-12-25(21)34)18-35-37-31(30-15-20-9-4-8-14-27(20)41-30)36-26-13-7-5-11-23(26)32(37)38/h3-18H,2,19H2,1H3. The molecule has 6 aromatic rings. The number of nitrogens with zero attached hydrogens (tertiary/aromatic N) is 3. The molecular formula is C32H23BrFN3O4. The average molecular weight is 612 g/mol. The van der Waals surface area contributed by atoms with Crippen LogP contribution < -0.4 is 15.0 Å². The molecule has 0 aliphatic carbocycles. The Morgan fingerprint density at radius 1 is 0.976 bits per heavy atom. The average Bonchev–Trinajstić information content (AvgIpc) is 3.42. The van der Waals surface area contributed by atoms with E-state index < -0.39 is 0 Å². The van der Waals surface area contributed by atoms with Crippen LogP contribution in [0.5, 0.6) is 11.5 Å². The predicted molar refractivity (Wildman–Crippen MR) is 160 cm³/mol. The Balaban J connectivity index is 1.41. The molecule has 0 spiro atoms. The van der Waals surface area contributed by atoms with E-state index in [1.807, 2.05) is 43.3 Å². The Labute approximate surface area is 242 Å². The molecule has 0 radical (unpaired) electrons. The largest absolute Gasteiger partial charge is 0.490 e. The maximum atomic E-state index is 14.1. The zero-order valence-electron chi connectivity index (χ0n) is 21.9. The summed E-state index contributed by atoms with van der Waals surface area (Å²) in [5.74, 6) is 1.23. The number of para-hydroxylation sites is 2. The van der Waals surface area contributed by atoms with E-state index in [1.54, 1.807) is 48.5 Å². The molecule has 9 heteroatoms. The van der Waals surface area contributed by atoms with Crippen molar-refractivity contribution in [3.05, 3.63) is 123 Å². The van der Waals surface area contributed by atoms with E-state index in [9.17, 15) is 9.18 Å². The number of halogens is 2. The highest BCUT2D eigenvalue weighted by molar-refractivity contribution is 9.10. The van der Waals surface area contributed by atoms with Crippen LogP contribution in [0.1, 0.15) is 18.1 Å². The van der Waals surface area contributed by atoms with Gasteiger partial charge in [-0.3, -0.25) is 4.79 Å². The quantitative estimate of drug-likeness (QED) is 0.166. The third-order valence-corrected chi connectivity index (χ3v) is 7.10. The van der Waals surface area contributed by atoms with Crippen molar-refractivity contribution in [2.45, 2.75) is 13.5 Å². The number of hydrogen-bond acceptors (Lipinski definition) is 6. The number of furan rings is 1. The number of rotatable bonds is 8. The lowest BCUT2D eigenvalue weighted by molar-refractivity contribution is 0.265. The van der Waals surface area contributed by atoms with Gasteiger partial charge in [-0.25, -0.2) is 9.37 Å². The van der Waals surface area contributed by atoms with E-state index in [4.69, 9.17) is 18.9 Å². The van der Waals surface area contributed by atoms with Gasteiger partial charge in [-0.15, -0.1) is 0 Å². The summed E-state index contributed by atoms with van der Waals surface area (Å²) < 4.78 is 33.8. The molecule has 0 aliphatic rings. The van der Waals surface area contributed by atoms with Crippen LogP contribution in [0.3, 0.4) is 0 Å². The minimum absolute atomic E-state index is 0.0334. The van der Waals surface area contributed by atoms with Gasteiger partial charge in [-0.2, -0.15) is 9.78 Å². The van der Waals surface area contributed by atoms with E-state index >= 15 is 0 Å². The Morgan fingerprint density at radius 3 is 2.56 bits per heavy atom. The first-order valence-electron chi connectivity index (χ1n) is 12.9. The predicted octanol–water partition coefficient (Wildman–Crippen LogP) is 7.57. The second-order valence-corrected chi connectivity index (χ2v) is 9.95. The van der Waals surface area contributed by atoms with Gasteiger partial charge in [0.05, 0.1) is 23.7 Å². The minimum atomic E-state index is -0.344. The van der Waals surface area contributed by atoms with Crippen LogP contribution >= 0.6 is 15.9 Å². The van der Waals surface area contributed by atoms with Crippen molar-refractivity contribution in [3.63, 3.8) is 0 Å². The molecule has 0 saturated carbocycles. The van der Waals surface area contributed by atoms with Crippen LogP contribution in [0.2, 0.25) is 0 Å². The van der Waals surface area contributed by atoms with Crippen LogP contribution in [-0.4, -0.2) is 22.5 Å². The Bertz CT molecular complexity index is 1950. The van der Waals surface area contributed by atoms with E-state index in [0.717, 1.165) is 5.39 Å². The second-order valence-electron chi connectivity index (χ2n) is 9.10. The van der Waals surface area contributed by atoms with E-state index in [0.29, 0.717) is 56.0 Å². The molecule has 0 N–H and O–H groups in total. The van der Waals surface area contributed by atoms with Crippen LogP contribution in [0.4, 0.5) is 4.39 Å². The molecule has 41 heavy (non-hydrogen) atoms. The molecule has 0 amide bonds. The van der Waals surface area contributed by atoms with Crippen LogP contribution in [0.15, 0.2) is 110 Å². The second kappa shape index (κ2) is 11.4. The van der Waals surface area contributed by atoms with E-state index in [1.165, 1.54) is 17.0 Å². The van der Waals surface area contributed by atoms with Gasteiger partial charge in [0, 0.05) is 21.0 Å². The fourth-order valence-electron chi connectivity index (χ4n) is 4.40. The van der Waals surface area contributed by atoms with Crippen molar-refractivity contribution < 1.29 is 18.3 Å². The molecule has 0 bridgehead atoms. The summed E-state index contributed by atoms with van der Waals surface area (Å²) in [5.41, 5.74) is 1.93. The summed E-state index contributed by atoms with van der Waals surface area (Å²) in [6.45, 7) is 2.28. The monoisotopic (exact) mass is 611 g/mol. The fourth-order valence-corrected chi connectivity index (χ4v) is 4.83. The van der Waals surface area contributed by atoms with Crippen molar-refractivity contribution in [1.82, 2.24) is 9.66 Å². The molecule has 7 nitrogen and oxygen atoms in total. The first-order chi connectivity index (χ1) is 20.0. The highest BCUT2D eigenvalue weighted by Crippen LogP contribution is 2.34. The molecule has 6 rings (SSSR count). The summed E-state index contributed by atoms with van der Waals surface area (Å²) in [6.07, 6.45) is 1.54. The summed E-state index contributed by atoms with van der Waals surface area (Å²) in [4.78, 5) is 18.3. The molecular weight excluding hydrogens is 589 g/mol. The summed E-state index contributed by atoms with van der Waals surface area (Å²) in [6, 6.07) is 26.4. The lowest BCUT2D eigenvalue weighted by Crippen LogP contribution is -2.20. The van der Waals surface area contributed by atoms with E-state index in [-0.39, 0.29) is 23.8 Å². The SMILES string of the molecule is CCOc1cc(C=Nn2c(-c3cc4ccccc4o3)nc3ccccc3c2=O)c(Br)cc1OCc1ccccc1F. The lowest BCUT2D eigenvalue weighted by atomic mass is 10.2. The van der Waals surface area contributed by atoms with Gasteiger partial charge in [0.25, 0.3) is 5.56 Å². The highest BCUT2D eigenvalue weighted by atomic mass is 79.9. The van der Waals surface area contributed by atoms with Crippen LogP contribution in [-0.2, 0) is 6.61 Å². The van der Waals surface area contributed by atoms with Crippen molar-refractivity contribution in [3.8, 4) is 23.1 Å². The van der Waals surface area contributed by atoms with Crippen molar-refractivity contribution >= 4 is 44.0 Å². The normalized spacial score (nSPS) is 11.5. The van der Waals surface area contributed by atoms with Gasteiger partial charge >= 0.3 is 0 Å². The molecule has 0 atom stereocenters. The van der Waals surface area contributed by atoms with E-state index in [2.05, 4.69) is 21.0 Å². The Hall–Kier alpha value is -4.76. The third kappa shape index (κ3) is 5.36. The number of aromatic nitrogens is 2. The van der Waals surface area contributed by atoms with Gasteiger partial charge in [-0.05, 0) is 65.3 Å². The summed E-state index contributed by atoms with van der Waals surface area (Å²) in [7, 11) is 0. The molecule has 0 unspecified atom stereocenters. The molecule has 0 fully saturated rings. The molecule has 2 heterocycles. The molecule has 204 valence electrons. The molecule has 0 aliphatic heterocycles. The maximum absolute atomic E-state index is 14.1. The Kier molecular flexibility index (Phi) is 7.35. The topological polar surface area (TPSA) is 78.9 Å². The van der Waals surface area contributed by atoms with Crippen molar-refractivity contribution in [1.29, 1.82) is 0 Å². The Morgan fingerprint density at radius 2 is 1.73 bits per heavy atom. The van der Waals surface area contributed by atoms with Crippen LogP contribution in [0, 0.1) is 5.82 Å². The molecule has 4 aromatic carbocycles. The first kappa shape index (κ1) is 26.5.